The minimum atomic E-state index is -0.539. The Kier molecular flexibility index (Phi) is 14.4. The van der Waals surface area contributed by atoms with Gasteiger partial charge in [0.05, 0.1) is 0 Å². The lowest BCUT2D eigenvalue weighted by molar-refractivity contribution is -0.182. The lowest BCUT2D eigenvalue weighted by Crippen LogP contribution is -2.26. The van der Waals surface area contributed by atoms with Crippen molar-refractivity contribution in [2.24, 2.45) is 0 Å². The summed E-state index contributed by atoms with van der Waals surface area (Å²) >= 11 is 0. The van der Waals surface area contributed by atoms with Crippen LogP contribution in [0.2, 0.25) is 0 Å². The van der Waals surface area contributed by atoms with Gasteiger partial charge >= 0.3 is 5.97 Å². The van der Waals surface area contributed by atoms with Crippen molar-refractivity contribution in [2.45, 2.75) is 46.3 Å². The number of rotatable bonds is 10. The van der Waals surface area contributed by atoms with Crippen molar-refractivity contribution < 1.29 is 23.8 Å². The van der Waals surface area contributed by atoms with Crippen LogP contribution in [0.1, 0.15) is 40.0 Å². The second kappa shape index (κ2) is 13.0. The molecule has 106 valence electrons. The Morgan fingerprint density at radius 2 is 1.56 bits per heavy atom. The van der Waals surface area contributed by atoms with Gasteiger partial charge in [0.2, 0.25) is 0 Å². The van der Waals surface area contributed by atoms with E-state index in [4.69, 9.17) is 14.2 Å². The largest absolute Gasteiger partial charge is 0.460 e. The van der Waals surface area contributed by atoms with E-state index in [1.807, 2.05) is 13.8 Å². The molecule has 0 N–H and O–H groups in total. The van der Waals surface area contributed by atoms with E-state index in [1.54, 1.807) is 0 Å². The zero-order valence-electron chi connectivity index (χ0n) is 10.9. The van der Waals surface area contributed by atoms with Crippen LogP contribution in [0.25, 0.3) is 0 Å². The van der Waals surface area contributed by atoms with Crippen molar-refractivity contribution in [1.82, 2.24) is 0 Å². The molecule has 0 aliphatic rings. The van der Waals surface area contributed by atoms with E-state index in [2.05, 4.69) is 0 Å². The Morgan fingerprint density at radius 1 is 1.06 bits per heavy atom. The first kappa shape index (κ1) is 19.9. The first-order chi connectivity index (χ1) is 8.10. The molecule has 0 aromatic rings. The van der Waals surface area contributed by atoms with Crippen molar-refractivity contribution in [2.75, 3.05) is 19.8 Å². The van der Waals surface area contributed by atoms with Gasteiger partial charge in [0.25, 0.3) is 0 Å². The molecule has 0 rings (SSSR count). The molecule has 0 bridgehead atoms. The molecular weight excluding hydrogens is 251 g/mol. The predicted octanol–water partition coefficient (Wildman–Crippen LogP) is 0.504. The van der Waals surface area contributed by atoms with E-state index in [0.717, 1.165) is 12.8 Å². The van der Waals surface area contributed by atoms with Crippen LogP contribution in [-0.2, 0) is 23.8 Å². The fourth-order valence-electron chi connectivity index (χ4n) is 1.06. The van der Waals surface area contributed by atoms with Crippen LogP contribution >= 0.6 is 0 Å². The molecule has 0 aliphatic carbocycles. The molecule has 0 aliphatic heterocycles. The Morgan fingerprint density at radius 3 is 1.94 bits per heavy atom. The van der Waals surface area contributed by atoms with Gasteiger partial charge in [-0.05, 0) is 19.8 Å². The average molecular weight is 276 g/mol. The van der Waals surface area contributed by atoms with Gasteiger partial charge in [-0.1, -0.05) is 13.8 Å². The zero-order valence-corrected chi connectivity index (χ0v) is 10.9. The van der Waals surface area contributed by atoms with Crippen LogP contribution in [0.3, 0.4) is 0 Å². The number of ketones is 1. The predicted molar refractivity (Wildman–Crippen MR) is 72.5 cm³/mol. The highest BCUT2D eigenvalue weighted by Gasteiger charge is 2.13. The lowest BCUT2D eigenvalue weighted by atomic mass is 10.3. The maximum atomic E-state index is 11.2. The van der Waals surface area contributed by atoms with Gasteiger partial charge in [-0.2, -0.15) is 0 Å². The monoisotopic (exact) mass is 276 g/mol. The molecule has 0 saturated carbocycles. The highest BCUT2D eigenvalue weighted by molar-refractivity contribution is 5.94. The molecule has 5 nitrogen and oxygen atoms in total. The summed E-state index contributed by atoms with van der Waals surface area (Å²) < 4.78 is 15.6. The first-order valence-corrected chi connectivity index (χ1v) is 5.98. The van der Waals surface area contributed by atoms with Crippen LogP contribution in [0, 0.1) is 0 Å². The number of esters is 1. The number of hydrogen-bond donors (Lipinski definition) is 0. The molecule has 6 heteroatoms. The minimum Gasteiger partial charge on any atom is -0.460 e. The number of ether oxygens (including phenoxy) is 3. The molecule has 0 atom stereocenters. The van der Waals surface area contributed by atoms with Gasteiger partial charge in [-0.15, -0.1) is 0 Å². The van der Waals surface area contributed by atoms with Gasteiger partial charge in [-0.3, -0.25) is 9.59 Å². The van der Waals surface area contributed by atoms with E-state index in [-0.39, 0.29) is 36.2 Å². The van der Waals surface area contributed by atoms with Crippen molar-refractivity contribution in [3.8, 4) is 0 Å². The summed E-state index contributed by atoms with van der Waals surface area (Å²) in [5.41, 5.74) is 0. The molecule has 0 fully saturated rings. The lowest BCUT2D eigenvalue weighted by Gasteiger charge is -2.17. The number of Topliss-reactive ketones (excluding diaryl/α,β-unsaturated/α-hetero) is 1. The molecule has 0 aromatic heterocycles. The van der Waals surface area contributed by atoms with Gasteiger partial charge in [0.1, 0.15) is 18.8 Å². The summed E-state index contributed by atoms with van der Waals surface area (Å²) in [6.07, 6.45) is 1.00. The third-order valence-electron chi connectivity index (χ3n) is 1.79. The molecule has 0 heterocycles. The molecule has 0 amide bonds. The van der Waals surface area contributed by atoms with Crippen LogP contribution in [0.4, 0.5) is 0 Å². The molecule has 0 spiro atoms. The van der Waals surface area contributed by atoms with Crippen molar-refractivity contribution in [3.05, 3.63) is 0 Å². The van der Waals surface area contributed by atoms with Crippen LogP contribution in [0.15, 0.2) is 0 Å². The fraction of sp³-hybridized carbons (Fsp3) is 0.833. The second-order valence-corrected chi connectivity index (χ2v) is 3.73. The molecule has 18 heavy (non-hydrogen) atoms. The molecule has 0 saturated heterocycles. The SMILES string of the molecule is CCCOC(COC(=O)CC(C)=O)OCCC.[AlH3]. The Hall–Kier alpha value is -0.408. The van der Waals surface area contributed by atoms with Crippen LogP contribution < -0.4 is 0 Å². The van der Waals surface area contributed by atoms with E-state index in [9.17, 15) is 9.59 Å². The second-order valence-electron chi connectivity index (χ2n) is 3.73. The van der Waals surface area contributed by atoms with E-state index in [0.29, 0.717) is 13.2 Å². The Balaban J connectivity index is 0. The normalized spacial score (nSPS) is 10.0. The quantitative estimate of drug-likeness (QED) is 0.252. The maximum absolute atomic E-state index is 11.2. The summed E-state index contributed by atoms with van der Waals surface area (Å²) in [7, 11) is 0. The van der Waals surface area contributed by atoms with Gasteiger partial charge in [-0.25, -0.2) is 0 Å². The molecular formula is C12H25AlO5. The van der Waals surface area contributed by atoms with Crippen LogP contribution in [-0.4, -0.2) is 55.2 Å². The summed E-state index contributed by atoms with van der Waals surface area (Å²) in [5.74, 6) is -0.752. The number of carbonyl (C=O) groups is 2. The van der Waals surface area contributed by atoms with E-state index in [1.165, 1.54) is 6.92 Å². The standard InChI is InChI=1S/C12H22O5.Al.3H/c1-4-6-15-12(16-7-5-2)9-17-11(14)8-10(3)13;;;;/h12H,4-9H2,1-3H3;;;;. The van der Waals surface area contributed by atoms with Crippen LogP contribution in [0.5, 0.6) is 0 Å². The Bertz CT molecular complexity index is 225. The number of carbonyl (C=O) groups excluding carboxylic acids is 2. The summed E-state index contributed by atoms with van der Waals surface area (Å²) in [6, 6.07) is 0. The topological polar surface area (TPSA) is 61.8 Å². The highest BCUT2D eigenvalue weighted by Crippen LogP contribution is 2.00. The van der Waals surface area contributed by atoms with Crippen molar-refractivity contribution in [1.29, 1.82) is 0 Å². The third kappa shape index (κ3) is 12.1. The Labute approximate surface area is 119 Å². The first-order valence-electron chi connectivity index (χ1n) is 5.98. The van der Waals surface area contributed by atoms with Gasteiger partial charge in [0.15, 0.2) is 23.7 Å². The van der Waals surface area contributed by atoms with Crippen molar-refractivity contribution >= 4 is 29.1 Å². The zero-order chi connectivity index (χ0) is 13.1. The summed E-state index contributed by atoms with van der Waals surface area (Å²) in [5, 5.41) is 0. The van der Waals surface area contributed by atoms with Gasteiger partial charge < -0.3 is 14.2 Å². The fourth-order valence-corrected chi connectivity index (χ4v) is 1.06. The maximum Gasteiger partial charge on any atom is 0.313 e. The van der Waals surface area contributed by atoms with E-state index < -0.39 is 12.3 Å². The molecule has 0 unspecified atom stereocenters. The van der Waals surface area contributed by atoms with E-state index >= 15 is 0 Å². The third-order valence-corrected chi connectivity index (χ3v) is 1.79. The summed E-state index contributed by atoms with van der Waals surface area (Å²) in [6.45, 7) is 6.46. The molecule has 0 radical (unpaired) electrons. The highest BCUT2D eigenvalue weighted by atomic mass is 27.0. The van der Waals surface area contributed by atoms with Crippen molar-refractivity contribution in [3.63, 3.8) is 0 Å². The number of hydrogen-bond acceptors (Lipinski definition) is 5. The minimum absolute atomic E-state index is 0. The molecule has 0 aromatic carbocycles. The smallest absolute Gasteiger partial charge is 0.313 e. The average Bonchev–Trinajstić information content (AvgIpc) is 2.27. The van der Waals surface area contributed by atoms with Gasteiger partial charge in [0, 0.05) is 13.2 Å². The summed E-state index contributed by atoms with van der Waals surface area (Å²) in [4.78, 5) is 21.8.